The van der Waals surface area contributed by atoms with Gasteiger partial charge in [0.25, 0.3) is 0 Å². The maximum atomic E-state index is 5.69. The predicted octanol–water partition coefficient (Wildman–Crippen LogP) is 5.05. The summed E-state index contributed by atoms with van der Waals surface area (Å²) >= 11 is 0. The number of hydrogen-bond donors (Lipinski definition) is 1. The molecule has 0 bridgehead atoms. The number of anilines is 3. The Hall–Kier alpha value is -2.93. The third-order valence-electron chi connectivity index (χ3n) is 6.52. The molecule has 1 aliphatic carbocycles. The van der Waals surface area contributed by atoms with Crippen LogP contribution in [0.4, 0.5) is 17.5 Å². The Morgan fingerprint density at radius 3 is 2.66 bits per heavy atom. The number of pyridine rings is 1. The first-order chi connectivity index (χ1) is 15.7. The number of rotatable bonds is 5. The highest BCUT2D eigenvalue weighted by Crippen LogP contribution is 2.34. The summed E-state index contributed by atoms with van der Waals surface area (Å²) in [5, 5.41) is 4.35. The van der Waals surface area contributed by atoms with Crippen molar-refractivity contribution in [2.45, 2.75) is 51.0 Å². The molecule has 1 saturated heterocycles. The lowest BCUT2D eigenvalue weighted by molar-refractivity contribution is 0.0526. The van der Waals surface area contributed by atoms with Gasteiger partial charge in [-0.05, 0) is 49.4 Å². The van der Waals surface area contributed by atoms with E-state index in [1.54, 1.807) is 13.3 Å². The molecule has 1 aliphatic heterocycles. The molecule has 2 fully saturated rings. The number of aromatic nitrogens is 3. The van der Waals surface area contributed by atoms with E-state index in [0.717, 1.165) is 30.0 Å². The fraction of sp³-hybridized carbons (Fsp3) is 0.480. The summed E-state index contributed by atoms with van der Waals surface area (Å²) in [7, 11) is 1.64. The van der Waals surface area contributed by atoms with Crippen molar-refractivity contribution in [3.63, 3.8) is 0 Å². The second kappa shape index (κ2) is 9.28. The van der Waals surface area contributed by atoms with E-state index in [2.05, 4.69) is 46.4 Å². The average molecular weight is 434 g/mol. The van der Waals surface area contributed by atoms with Crippen LogP contribution in [0, 0.1) is 0 Å². The summed E-state index contributed by atoms with van der Waals surface area (Å²) in [4.78, 5) is 16.3. The Bertz CT molecular complexity index is 1070. The highest BCUT2D eigenvalue weighted by Gasteiger charge is 2.21. The second-order valence-corrected chi connectivity index (χ2v) is 8.83. The summed E-state index contributed by atoms with van der Waals surface area (Å²) in [6.07, 6.45) is 8.51. The SMILES string of the molecule is COc1cnc2nc(N3CCO[C@H](C)C3)nc(Nc3ccc(C4CCCCC4)cc3)c2c1. The van der Waals surface area contributed by atoms with Crippen molar-refractivity contribution in [1.82, 2.24) is 15.0 Å². The van der Waals surface area contributed by atoms with Gasteiger partial charge in [-0.25, -0.2) is 4.98 Å². The summed E-state index contributed by atoms with van der Waals surface area (Å²) in [6, 6.07) is 10.8. The van der Waals surface area contributed by atoms with Crippen molar-refractivity contribution in [2.75, 3.05) is 37.0 Å². The molecule has 7 nitrogen and oxygen atoms in total. The lowest BCUT2D eigenvalue weighted by atomic mass is 9.84. The van der Waals surface area contributed by atoms with Crippen molar-refractivity contribution in [2.24, 2.45) is 0 Å². The molecular formula is C25H31N5O2. The van der Waals surface area contributed by atoms with E-state index in [1.165, 1.54) is 37.7 Å². The zero-order chi connectivity index (χ0) is 21.9. The van der Waals surface area contributed by atoms with Gasteiger partial charge in [0.2, 0.25) is 5.95 Å². The monoisotopic (exact) mass is 433 g/mol. The zero-order valence-corrected chi connectivity index (χ0v) is 18.9. The number of morpholine rings is 1. The van der Waals surface area contributed by atoms with E-state index in [0.29, 0.717) is 29.9 Å². The molecule has 1 saturated carbocycles. The largest absolute Gasteiger partial charge is 0.495 e. The highest BCUT2D eigenvalue weighted by molar-refractivity contribution is 5.90. The van der Waals surface area contributed by atoms with Gasteiger partial charge in [-0.2, -0.15) is 9.97 Å². The van der Waals surface area contributed by atoms with Gasteiger partial charge >= 0.3 is 0 Å². The quantitative estimate of drug-likeness (QED) is 0.604. The van der Waals surface area contributed by atoms with Crippen LogP contribution in [0.2, 0.25) is 0 Å². The highest BCUT2D eigenvalue weighted by atomic mass is 16.5. The Morgan fingerprint density at radius 1 is 1.09 bits per heavy atom. The van der Waals surface area contributed by atoms with Gasteiger partial charge in [0.1, 0.15) is 11.6 Å². The van der Waals surface area contributed by atoms with Gasteiger partial charge in [0, 0.05) is 18.8 Å². The number of methoxy groups -OCH3 is 1. The van der Waals surface area contributed by atoms with Crippen LogP contribution in [0.3, 0.4) is 0 Å². The minimum atomic E-state index is 0.149. The Kier molecular flexibility index (Phi) is 6.08. The van der Waals surface area contributed by atoms with Crippen molar-refractivity contribution in [1.29, 1.82) is 0 Å². The van der Waals surface area contributed by atoms with Gasteiger partial charge in [-0.3, -0.25) is 0 Å². The van der Waals surface area contributed by atoms with Crippen molar-refractivity contribution in [3.05, 3.63) is 42.1 Å². The topological polar surface area (TPSA) is 72.4 Å². The molecule has 168 valence electrons. The van der Waals surface area contributed by atoms with Crippen LogP contribution in [0.25, 0.3) is 11.0 Å². The first-order valence-corrected chi connectivity index (χ1v) is 11.6. The molecule has 32 heavy (non-hydrogen) atoms. The molecular weight excluding hydrogens is 402 g/mol. The average Bonchev–Trinajstić information content (AvgIpc) is 2.84. The molecule has 3 aromatic rings. The molecule has 0 amide bonds. The molecule has 1 atom stereocenters. The summed E-state index contributed by atoms with van der Waals surface area (Å²) in [6.45, 7) is 4.27. The van der Waals surface area contributed by atoms with Crippen molar-refractivity contribution >= 4 is 28.5 Å². The Labute approximate surface area is 189 Å². The van der Waals surface area contributed by atoms with Gasteiger partial charge in [0.15, 0.2) is 5.65 Å². The predicted molar refractivity (Wildman–Crippen MR) is 127 cm³/mol. The number of hydrogen-bond acceptors (Lipinski definition) is 7. The number of ether oxygens (including phenoxy) is 2. The third kappa shape index (κ3) is 4.48. The van der Waals surface area contributed by atoms with Crippen molar-refractivity contribution < 1.29 is 9.47 Å². The van der Waals surface area contributed by atoms with E-state index >= 15 is 0 Å². The van der Waals surface area contributed by atoms with Gasteiger partial charge in [-0.1, -0.05) is 31.4 Å². The number of nitrogens with zero attached hydrogens (tertiary/aromatic N) is 4. The van der Waals surface area contributed by atoms with Gasteiger partial charge in [0.05, 0.1) is 31.4 Å². The number of nitrogens with one attached hydrogen (secondary N) is 1. The number of fused-ring (bicyclic) bond motifs is 1. The van der Waals surface area contributed by atoms with E-state index in [4.69, 9.17) is 19.4 Å². The minimum absolute atomic E-state index is 0.149. The van der Waals surface area contributed by atoms with E-state index in [9.17, 15) is 0 Å². The normalized spacial score (nSPS) is 19.8. The van der Waals surface area contributed by atoms with Crippen LogP contribution in [0.1, 0.15) is 50.5 Å². The van der Waals surface area contributed by atoms with Gasteiger partial charge < -0.3 is 19.7 Å². The molecule has 7 heteroatoms. The first-order valence-electron chi connectivity index (χ1n) is 11.6. The molecule has 2 aromatic heterocycles. The second-order valence-electron chi connectivity index (χ2n) is 8.83. The van der Waals surface area contributed by atoms with Crippen LogP contribution < -0.4 is 15.0 Å². The molecule has 2 aliphatic rings. The maximum absolute atomic E-state index is 5.69. The van der Waals surface area contributed by atoms with Crippen LogP contribution >= 0.6 is 0 Å². The van der Waals surface area contributed by atoms with Crippen molar-refractivity contribution in [3.8, 4) is 5.75 Å². The molecule has 5 rings (SSSR count). The maximum Gasteiger partial charge on any atom is 0.229 e. The lowest BCUT2D eigenvalue weighted by Crippen LogP contribution is -2.42. The van der Waals surface area contributed by atoms with Crippen LogP contribution in [0.15, 0.2) is 36.5 Å². The third-order valence-corrected chi connectivity index (χ3v) is 6.52. The molecule has 0 radical (unpaired) electrons. The van der Waals surface area contributed by atoms with Gasteiger partial charge in [-0.15, -0.1) is 0 Å². The zero-order valence-electron chi connectivity index (χ0n) is 18.9. The smallest absolute Gasteiger partial charge is 0.229 e. The minimum Gasteiger partial charge on any atom is -0.495 e. The fourth-order valence-corrected chi connectivity index (χ4v) is 4.74. The standard InChI is InChI=1S/C25H31N5O2/c1-17-16-30(12-13-32-17)25-28-23-22(14-21(31-2)15-26-23)24(29-25)27-20-10-8-19(9-11-20)18-6-4-3-5-7-18/h8-11,14-15,17-18H,3-7,12-13,16H2,1-2H3,(H,26,27,28,29)/t17-/m1/s1. The van der Waals surface area contributed by atoms with Crippen LogP contribution in [-0.4, -0.2) is 47.9 Å². The number of benzene rings is 1. The molecule has 3 heterocycles. The van der Waals surface area contributed by atoms with Crippen LogP contribution in [0.5, 0.6) is 5.75 Å². The Morgan fingerprint density at radius 2 is 1.91 bits per heavy atom. The van der Waals surface area contributed by atoms with Crippen LogP contribution in [-0.2, 0) is 4.74 Å². The molecule has 1 N–H and O–H groups in total. The first kappa shape index (κ1) is 20.9. The molecule has 0 spiro atoms. The summed E-state index contributed by atoms with van der Waals surface area (Å²) in [5.41, 5.74) is 3.10. The van der Waals surface area contributed by atoms with E-state index in [-0.39, 0.29) is 6.10 Å². The molecule has 0 unspecified atom stereocenters. The summed E-state index contributed by atoms with van der Waals surface area (Å²) < 4.78 is 11.1. The summed E-state index contributed by atoms with van der Waals surface area (Å²) in [5.74, 6) is 2.79. The van der Waals surface area contributed by atoms with E-state index < -0.39 is 0 Å². The molecule has 1 aromatic carbocycles. The lowest BCUT2D eigenvalue weighted by Gasteiger charge is -2.31. The fourth-order valence-electron chi connectivity index (χ4n) is 4.74. The van der Waals surface area contributed by atoms with E-state index in [1.807, 2.05) is 6.07 Å². The Balaban J connectivity index is 1.46.